The first-order chi connectivity index (χ1) is 20.7. The van der Waals surface area contributed by atoms with Gasteiger partial charge in [0, 0.05) is 25.4 Å². The van der Waals surface area contributed by atoms with Crippen LogP contribution in [-0.2, 0) is 27.2 Å². The molecule has 2 aromatic rings. The highest BCUT2D eigenvalue weighted by Crippen LogP contribution is 2.31. The van der Waals surface area contributed by atoms with Gasteiger partial charge in [-0.1, -0.05) is 12.1 Å². The van der Waals surface area contributed by atoms with Crippen LogP contribution >= 0.6 is 0 Å². The summed E-state index contributed by atoms with van der Waals surface area (Å²) in [5, 5.41) is 48.3. The molecule has 0 unspecified atom stereocenters. The minimum atomic E-state index is -1.03. The van der Waals surface area contributed by atoms with Crippen molar-refractivity contribution in [1.29, 1.82) is 0 Å². The Morgan fingerprint density at radius 1 is 0.907 bits per heavy atom. The third-order valence-corrected chi connectivity index (χ3v) is 7.85. The predicted molar refractivity (Wildman–Crippen MR) is 165 cm³/mol. The van der Waals surface area contributed by atoms with Crippen LogP contribution in [0.15, 0.2) is 36.4 Å². The average molecular weight is 599 g/mol. The number of aliphatic hydroxyl groups excluding tert-OH is 1. The summed E-state index contributed by atoms with van der Waals surface area (Å²) in [6.07, 6.45) is 2.36. The number of hydrogen-bond acceptors (Lipinski definition) is 9. The Morgan fingerprint density at radius 3 is 2.14 bits per heavy atom. The second kappa shape index (κ2) is 16.8. The van der Waals surface area contributed by atoms with Gasteiger partial charge in [-0.25, -0.2) is 0 Å². The standard InChI is InChI=1S/C31H46N6O6/c1-32-12-5-7-24-30(42)37-26(29(41)35-13-4-6-23(18-38)33-2)17-22-15-20(9-11-28(22)40)19-8-10-27(39)21(14-19)16-25(34-3)31(43)36-24/h8-11,14-15,23-26,32-34,38-40H,4-7,12-13,16-18H2,1-3H3,(H,35,41)(H,36,43)(H,37,42)/t23-,24-,25-,26-/m0/s1. The lowest BCUT2D eigenvalue weighted by atomic mass is 9.95. The lowest BCUT2D eigenvalue weighted by Crippen LogP contribution is -2.57. The summed E-state index contributed by atoms with van der Waals surface area (Å²) in [6, 6.07) is 7.38. The lowest BCUT2D eigenvalue weighted by molar-refractivity contribution is -0.132. The molecule has 12 nitrogen and oxygen atoms in total. The molecule has 0 saturated heterocycles. The van der Waals surface area contributed by atoms with Crippen LogP contribution in [0.1, 0.15) is 36.8 Å². The van der Waals surface area contributed by atoms with Gasteiger partial charge < -0.3 is 47.2 Å². The molecule has 43 heavy (non-hydrogen) atoms. The molecule has 0 saturated carbocycles. The van der Waals surface area contributed by atoms with Crippen molar-refractivity contribution >= 4 is 17.7 Å². The quantitative estimate of drug-likeness (QED) is 0.151. The molecule has 12 heteroatoms. The van der Waals surface area contributed by atoms with Crippen molar-refractivity contribution in [2.24, 2.45) is 0 Å². The summed E-state index contributed by atoms with van der Waals surface area (Å²) < 4.78 is 0. The van der Waals surface area contributed by atoms with Gasteiger partial charge in [-0.3, -0.25) is 14.4 Å². The maximum absolute atomic E-state index is 13.6. The number of hydrogen-bond donors (Lipinski definition) is 9. The van der Waals surface area contributed by atoms with Crippen LogP contribution in [0, 0.1) is 0 Å². The van der Waals surface area contributed by atoms with E-state index in [4.69, 9.17) is 0 Å². The van der Waals surface area contributed by atoms with E-state index in [0.717, 1.165) is 11.1 Å². The fraction of sp³-hybridized carbons (Fsp3) is 0.516. The van der Waals surface area contributed by atoms with Crippen molar-refractivity contribution in [2.75, 3.05) is 40.8 Å². The van der Waals surface area contributed by atoms with E-state index in [1.165, 1.54) is 0 Å². The minimum Gasteiger partial charge on any atom is -0.508 e. The highest BCUT2D eigenvalue weighted by molar-refractivity contribution is 5.93. The zero-order chi connectivity index (χ0) is 31.4. The number of benzene rings is 2. The second-order valence-corrected chi connectivity index (χ2v) is 10.9. The lowest BCUT2D eigenvalue weighted by Gasteiger charge is -2.25. The van der Waals surface area contributed by atoms with Crippen molar-refractivity contribution in [3.63, 3.8) is 0 Å². The number of phenols is 2. The Morgan fingerprint density at radius 2 is 1.56 bits per heavy atom. The summed E-state index contributed by atoms with van der Waals surface area (Å²) in [4.78, 5) is 40.4. The molecule has 0 radical (unpaired) electrons. The molecule has 9 N–H and O–H groups in total. The molecule has 4 atom stereocenters. The van der Waals surface area contributed by atoms with Gasteiger partial charge in [0.2, 0.25) is 17.7 Å². The number of nitrogens with one attached hydrogen (secondary N) is 6. The van der Waals surface area contributed by atoms with E-state index in [0.29, 0.717) is 49.9 Å². The molecular weight excluding hydrogens is 552 g/mol. The number of amides is 3. The molecule has 0 aliphatic carbocycles. The molecule has 236 valence electrons. The first-order valence-corrected chi connectivity index (χ1v) is 14.8. The molecule has 0 aromatic heterocycles. The van der Waals surface area contributed by atoms with Gasteiger partial charge in [-0.2, -0.15) is 0 Å². The molecule has 3 amide bonds. The number of fused-ring (bicyclic) bond motifs is 5. The summed E-state index contributed by atoms with van der Waals surface area (Å²) in [5.74, 6) is -1.32. The van der Waals surface area contributed by atoms with Crippen LogP contribution in [-0.4, -0.2) is 98.0 Å². The molecule has 2 aromatic carbocycles. The first kappa shape index (κ1) is 33.8. The first-order valence-electron chi connectivity index (χ1n) is 14.8. The number of carbonyl (C=O) groups excluding carboxylic acids is 3. The average Bonchev–Trinajstić information content (AvgIpc) is 3.00. The Hall–Kier alpha value is -3.71. The van der Waals surface area contributed by atoms with Crippen LogP contribution in [0.3, 0.4) is 0 Å². The largest absolute Gasteiger partial charge is 0.508 e. The van der Waals surface area contributed by atoms with Crippen molar-refractivity contribution in [3.05, 3.63) is 47.5 Å². The van der Waals surface area contributed by atoms with Crippen LogP contribution < -0.4 is 31.9 Å². The zero-order valence-electron chi connectivity index (χ0n) is 25.2. The van der Waals surface area contributed by atoms with E-state index in [2.05, 4.69) is 31.9 Å². The highest BCUT2D eigenvalue weighted by atomic mass is 16.3. The number of aromatic hydroxyl groups is 2. The molecule has 1 aliphatic heterocycles. The van der Waals surface area contributed by atoms with Crippen molar-refractivity contribution in [2.45, 2.75) is 62.7 Å². The van der Waals surface area contributed by atoms with E-state index in [-0.39, 0.29) is 37.0 Å². The van der Waals surface area contributed by atoms with Gasteiger partial charge in [-0.15, -0.1) is 0 Å². The van der Waals surface area contributed by atoms with E-state index < -0.39 is 35.8 Å². The maximum atomic E-state index is 13.6. The topological polar surface area (TPSA) is 184 Å². The predicted octanol–water partition coefficient (Wildman–Crippen LogP) is -0.103. The molecule has 1 heterocycles. The monoisotopic (exact) mass is 598 g/mol. The molecule has 0 fully saturated rings. The summed E-state index contributed by atoms with van der Waals surface area (Å²) >= 11 is 0. The fourth-order valence-electron chi connectivity index (χ4n) is 5.14. The fourth-order valence-corrected chi connectivity index (χ4v) is 5.14. The molecular formula is C31H46N6O6. The number of aliphatic hydroxyl groups is 1. The van der Waals surface area contributed by atoms with Gasteiger partial charge >= 0.3 is 0 Å². The molecule has 3 rings (SSSR count). The SMILES string of the molecule is CNCCC[C@@H]1NC(=O)[C@@H](NC)Cc2cc(ccc2O)-c2ccc(O)c(c2)C[C@@H](C(=O)NCCC[C@@H](CO)NC)NC1=O. The van der Waals surface area contributed by atoms with E-state index >= 15 is 0 Å². The normalized spacial score (nSPS) is 19.9. The molecule has 0 spiro atoms. The van der Waals surface area contributed by atoms with E-state index in [1.54, 1.807) is 57.5 Å². The van der Waals surface area contributed by atoms with Crippen LogP contribution in [0.25, 0.3) is 11.1 Å². The highest BCUT2D eigenvalue weighted by Gasteiger charge is 2.30. The Balaban J connectivity index is 1.98. The third kappa shape index (κ3) is 9.65. The van der Waals surface area contributed by atoms with Gasteiger partial charge in [0.25, 0.3) is 0 Å². The summed E-state index contributed by atoms with van der Waals surface area (Å²) in [6.45, 7) is 0.940. The van der Waals surface area contributed by atoms with Gasteiger partial charge in [-0.05, 0) is 99.9 Å². The number of rotatable bonds is 12. The Bertz CT molecular complexity index is 1240. The third-order valence-electron chi connectivity index (χ3n) is 7.85. The van der Waals surface area contributed by atoms with Gasteiger partial charge in [0.1, 0.15) is 23.6 Å². The Labute approximate surface area is 253 Å². The van der Waals surface area contributed by atoms with Crippen molar-refractivity contribution < 1.29 is 29.7 Å². The summed E-state index contributed by atoms with van der Waals surface area (Å²) in [5.41, 5.74) is 2.51. The van der Waals surface area contributed by atoms with E-state index in [9.17, 15) is 29.7 Å². The number of carbonyl (C=O) groups is 3. The maximum Gasteiger partial charge on any atom is 0.243 e. The second-order valence-electron chi connectivity index (χ2n) is 10.9. The number of phenolic OH excluding ortho intramolecular Hbond substituents is 2. The number of likely N-dealkylation sites (N-methyl/N-ethyl adjacent to an activating group) is 2. The van der Waals surface area contributed by atoms with Crippen LogP contribution in [0.4, 0.5) is 0 Å². The minimum absolute atomic E-state index is 0.00822. The zero-order valence-corrected chi connectivity index (χ0v) is 25.2. The molecule has 1 aliphatic rings. The van der Waals surface area contributed by atoms with Gasteiger partial charge in [0.05, 0.1) is 12.6 Å². The van der Waals surface area contributed by atoms with E-state index in [1.807, 2.05) is 0 Å². The van der Waals surface area contributed by atoms with Gasteiger partial charge in [0.15, 0.2) is 0 Å². The van der Waals surface area contributed by atoms with Crippen molar-refractivity contribution in [1.82, 2.24) is 31.9 Å². The summed E-state index contributed by atoms with van der Waals surface area (Å²) in [7, 11) is 5.20. The van der Waals surface area contributed by atoms with Crippen LogP contribution in [0.5, 0.6) is 11.5 Å². The molecule has 4 bridgehead atoms. The van der Waals surface area contributed by atoms with Crippen LogP contribution in [0.2, 0.25) is 0 Å². The Kier molecular flexibility index (Phi) is 13.2. The smallest absolute Gasteiger partial charge is 0.243 e. The van der Waals surface area contributed by atoms with Crippen molar-refractivity contribution in [3.8, 4) is 22.6 Å².